The van der Waals surface area contributed by atoms with Gasteiger partial charge in [0.1, 0.15) is 11.6 Å². The van der Waals surface area contributed by atoms with Crippen molar-refractivity contribution < 1.29 is 31.8 Å². The van der Waals surface area contributed by atoms with Crippen LogP contribution in [0, 0.1) is 19.7 Å². The number of rotatable bonds is 6. The summed E-state index contributed by atoms with van der Waals surface area (Å²) in [4.78, 5) is 17.2. The van der Waals surface area contributed by atoms with Crippen molar-refractivity contribution in [3.8, 4) is 11.6 Å². The van der Waals surface area contributed by atoms with Gasteiger partial charge < -0.3 is 20.1 Å². The Morgan fingerprint density at radius 1 is 1.03 bits per heavy atom. The van der Waals surface area contributed by atoms with Gasteiger partial charge in [-0.05, 0) is 65.7 Å². The number of pyridine rings is 1. The van der Waals surface area contributed by atoms with Crippen LogP contribution in [0.5, 0.6) is 11.6 Å². The molecule has 1 heterocycles. The maximum atomic E-state index is 13.5. The number of aryl methyl sites for hydroxylation is 2. The number of hydrogen-bond donors (Lipinski definition) is 2. The van der Waals surface area contributed by atoms with Crippen molar-refractivity contribution in [3.05, 3.63) is 69.6 Å². The van der Waals surface area contributed by atoms with E-state index in [0.29, 0.717) is 28.5 Å². The van der Waals surface area contributed by atoms with Gasteiger partial charge >= 0.3 is 6.36 Å². The zero-order valence-electron chi connectivity index (χ0n) is 17.6. The van der Waals surface area contributed by atoms with Crippen LogP contribution in [0.15, 0.2) is 46.9 Å². The first-order chi connectivity index (χ1) is 15.5. The average molecular weight is 528 g/mol. The molecule has 0 saturated carbocycles. The lowest BCUT2D eigenvalue weighted by molar-refractivity contribution is -0.274. The van der Waals surface area contributed by atoms with Crippen LogP contribution in [-0.2, 0) is 0 Å². The summed E-state index contributed by atoms with van der Waals surface area (Å²) >= 11 is 3.02. The average Bonchev–Trinajstić information content (AvgIpc) is 2.72. The van der Waals surface area contributed by atoms with E-state index in [1.807, 2.05) is 0 Å². The van der Waals surface area contributed by atoms with E-state index in [9.17, 15) is 22.4 Å². The number of halogens is 5. The van der Waals surface area contributed by atoms with Crippen molar-refractivity contribution in [1.82, 2.24) is 4.98 Å². The summed E-state index contributed by atoms with van der Waals surface area (Å²) in [5.74, 6) is -1.29. The maximum Gasteiger partial charge on any atom is 0.573 e. The van der Waals surface area contributed by atoms with Crippen LogP contribution in [0.2, 0.25) is 0 Å². The third-order valence-corrected chi connectivity index (χ3v) is 5.14. The molecule has 1 aromatic heterocycles. The van der Waals surface area contributed by atoms with Crippen LogP contribution < -0.4 is 20.1 Å². The van der Waals surface area contributed by atoms with Gasteiger partial charge in [-0.2, -0.15) is 0 Å². The number of ether oxygens (including phenoxy) is 2. The van der Waals surface area contributed by atoms with Gasteiger partial charge in [0.25, 0.3) is 5.91 Å². The number of benzene rings is 2. The Hall–Kier alpha value is -3.34. The number of hydrogen-bond acceptors (Lipinski definition) is 5. The lowest BCUT2D eigenvalue weighted by Gasteiger charge is -2.18. The summed E-state index contributed by atoms with van der Waals surface area (Å²) < 4.78 is 61.0. The van der Waals surface area contributed by atoms with Crippen LogP contribution in [0.4, 0.5) is 34.6 Å². The second kappa shape index (κ2) is 9.65. The van der Waals surface area contributed by atoms with Crippen LogP contribution in [0.25, 0.3) is 0 Å². The molecule has 0 unspecified atom stereocenters. The molecule has 1 amide bonds. The van der Waals surface area contributed by atoms with Gasteiger partial charge in [0, 0.05) is 17.8 Å². The van der Waals surface area contributed by atoms with Gasteiger partial charge in [-0.15, -0.1) is 13.2 Å². The van der Waals surface area contributed by atoms with Crippen molar-refractivity contribution in [2.24, 2.45) is 0 Å². The van der Waals surface area contributed by atoms with E-state index in [0.717, 1.165) is 6.07 Å². The fourth-order valence-corrected chi connectivity index (χ4v) is 3.36. The van der Waals surface area contributed by atoms with Gasteiger partial charge in [0.15, 0.2) is 0 Å². The first kappa shape index (κ1) is 24.3. The molecule has 0 atom stereocenters. The van der Waals surface area contributed by atoms with E-state index in [1.165, 1.54) is 31.4 Å². The van der Waals surface area contributed by atoms with E-state index in [2.05, 4.69) is 36.3 Å². The normalized spacial score (nSPS) is 11.2. The smallest absolute Gasteiger partial charge is 0.481 e. The molecule has 0 aliphatic heterocycles. The zero-order chi connectivity index (χ0) is 24.3. The lowest BCUT2D eigenvalue weighted by Crippen LogP contribution is -2.19. The van der Waals surface area contributed by atoms with Crippen molar-refractivity contribution in [2.75, 3.05) is 17.7 Å². The molecule has 2 N–H and O–H groups in total. The molecule has 174 valence electrons. The highest BCUT2D eigenvalue weighted by atomic mass is 79.9. The molecular weight excluding hydrogens is 510 g/mol. The molecule has 33 heavy (non-hydrogen) atoms. The molecule has 6 nitrogen and oxygen atoms in total. The molecule has 0 aliphatic carbocycles. The molecule has 0 aliphatic rings. The summed E-state index contributed by atoms with van der Waals surface area (Å²) in [6, 6.07) is 9.23. The number of carbonyl (C=O) groups excluding carboxylic acids is 1. The number of methoxy groups -OCH3 is 1. The Labute approximate surface area is 195 Å². The molecule has 0 spiro atoms. The maximum absolute atomic E-state index is 13.5. The monoisotopic (exact) mass is 527 g/mol. The second-order valence-corrected chi connectivity index (χ2v) is 7.76. The standard InChI is InChI=1S/C22H18BrF4N3O3/c1-11-8-13(24)4-5-16(11)29-18-10-19(33-22(25,26)27)15(23)9-14(18)21(31)30-17-6-7-20(32-3)28-12(17)2/h4-10,29H,1-3H3,(H,30,31). The van der Waals surface area contributed by atoms with Crippen molar-refractivity contribution in [1.29, 1.82) is 0 Å². The molecule has 0 bridgehead atoms. The molecule has 3 rings (SSSR count). The zero-order valence-corrected chi connectivity index (χ0v) is 19.2. The van der Waals surface area contributed by atoms with E-state index in [1.54, 1.807) is 26.0 Å². The summed E-state index contributed by atoms with van der Waals surface area (Å²) in [5.41, 5.74) is 1.77. The predicted molar refractivity (Wildman–Crippen MR) is 119 cm³/mol. The third kappa shape index (κ3) is 6.13. The first-order valence-corrected chi connectivity index (χ1v) is 10.2. The molecule has 0 fully saturated rings. The highest BCUT2D eigenvalue weighted by molar-refractivity contribution is 9.10. The number of carbonyl (C=O) groups is 1. The van der Waals surface area contributed by atoms with E-state index >= 15 is 0 Å². The van der Waals surface area contributed by atoms with Gasteiger partial charge in [-0.3, -0.25) is 4.79 Å². The largest absolute Gasteiger partial charge is 0.573 e. The van der Waals surface area contributed by atoms with Crippen molar-refractivity contribution in [3.63, 3.8) is 0 Å². The summed E-state index contributed by atoms with van der Waals surface area (Å²) in [6.07, 6.45) is -4.94. The van der Waals surface area contributed by atoms with Crippen LogP contribution in [0.3, 0.4) is 0 Å². The molecule has 2 aromatic carbocycles. The van der Waals surface area contributed by atoms with E-state index in [4.69, 9.17) is 4.74 Å². The fraction of sp³-hybridized carbons (Fsp3) is 0.182. The Morgan fingerprint density at radius 3 is 2.33 bits per heavy atom. The first-order valence-electron chi connectivity index (χ1n) is 9.42. The summed E-state index contributed by atoms with van der Waals surface area (Å²) in [7, 11) is 1.46. The fourth-order valence-electron chi connectivity index (χ4n) is 2.93. The highest BCUT2D eigenvalue weighted by Gasteiger charge is 2.32. The van der Waals surface area contributed by atoms with Crippen LogP contribution >= 0.6 is 15.9 Å². The minimum absolute atomic E-state index is 0.00958. The number of anilines is 3. The Kier molecular flexibility index (Phi) is 7.11. The SMILES string of the molecule is COc1ccc(NC(=O)c2cc(Br)c(OC(F)(F)F)cc2Nc2ccc(F)cc2C)c(C)n1. The molecule has 11 heteroatoms. The van der Waals surface area contributed by atoms with E-state index in [-0.39, 0.29) is 15.7 Å². The summed E-state index contributed by atoms with van der Waals surface area (Å²) in [6.45, 7) is 3.28. The third-order valence-electron chi connectivity index (χ3n) is 4.52. The topological polar surface area (TPSA) is 72.5 Å². The number of nitrogens with zero attached hydrogens (tertiary/aromatic N) is 1. The van der Waals surface area contributed by atoms with Crippen LogP contribution in [-0.4, -0.2) is 24.4 Å². The van der Waals surface area contributed by atoms with Crippen LogP contribution in [0.1, 0.15) is 21.6 Å². The van der Waals surface area contributed by atoms with Gasteiger partial charge in [-0.25, -0.2) is 9.37 Å². The summed E-state index contributed by atoms with van der Waals surface area (Å²) in [5, 5.41) is 5.57. The molecule has 0 saturated heterocycles. The number of aromatic nitrogens is 1. The van der Waals surface area contributed by atoms with Crippen molar-refractivity contribution >= 4 is 38.9 Å². The predicted octanol–water partition coefficient (Wildman–Crippen LogP) is 6.50. The van der Waals surface area contributed by atoms with Gasteiger partial charge in [0.2, 0.25) is 5.88 Å². The molecular formula is C22H18BrF4N3O3. The number of amides is 1. The number of nitrogens with one attached hydrogen (secondary N) is 2. The highest BCUT2D eigenvalue weighted by Crippen LogP contribution is 2.37. The Bertz CT molecular complexity index is 1200. The second-order valence-electron chi connectivity index (χ2n) is 6.90. The quantitative estimate of drug-likeness (QED) is 0.358. The van der Waals surface area contributed by atoms with E-state index < -0.39 is 23.8 Å². The minimum atomic E-state index is -4.94. The molecule has 3 aromatic rings. The van der Waals surface area contributed by atoms with Gasteiger partial charge in [-0.1, -0.05) is 0 Å². The minimum Gasteiger partial charge on any atom is -0.481 e. The number of alkyl halides is 3. The lowest BCUT2D eigenvalue weighted by atomic mass is 10.1. The molecule has 0 radical (unpaired) electrons. The van der Waals surface area contributed by atoms with Gasteiger partial charge in [0.05, 0.1) is 34.2 Å². The van der Waals surface area contributed by atoms with Crippen molar-refractivity contribution in [2.45, 2.75) is 20.2 Å². The Balaban J connectivity index is 2.02. The Morgan fingerprint density at radius 2 is 1.73 bits per heavy atom.